The first-order chi connectivity index (χ1) is 8.95. The molecule has 2 rings (SSSR count). The van der Waals surface area contributed by atoms with Crippen molar-refractivity contribution in [2.24, 2.45) is 5.92 Å². The van der Waals surface area contributed by atoms with Crippen LogP contribution < -0.4 is 0 Å². The minimum atomic E-state index is -3.45. The molecule has 6 heteroatoms. The Hall–Kier alpha value is -0.900. The summed E-state index contributed by atoms with van der Waals surface area (Å²) in [5.74, 6) is 0.578. The number of hydrogen-bond acceptors (Lipinski definition) is 4. The van der Waals surface area contributed by atoms with Gasteiger partial charge in [0.2, 0.25) is 0 Å². The van der Waals surface area contributed by atoms with Crippen molar-refractivity contribution >= 4 is 21.4 Å². The lowest BCUT2D eigenvalue weighted by Gasteiger charge is -2.33. The van der Waals surface area contributed by atoms with Crippen molar-refractivity contribution in [3.8, 4) is 6.07 Å². The zero-order valence-electron chi connectivity index (χ0n) is 11.2. The second kappa shape index (κ2) is 5.61. The zero-order chi connectivity index (χ0) is 14.0. The van der Waals surface area contributed by atoms with Crippen LogP contribution in [-0.4, -0.2) is 25.8 Å². The van der Waals surface area contributed by atoms with Crippen LogP contribution in [0.25, 0.3) is 0 Å². The molecule has 0 aromatic carbocycles. The highest BCUT2D eigenvalue weighted by atomic mass is 32.2. The van der Waals surface area contributed by atoms with Crippen molar-refractivity contribution in [2.75, 3.05) is 7.05 Å². The van der Waals surface area contributed by atoms with Crippen LogP contribution >= 0.6 is 11.3 Å². The van der Waals surface area contributed by atoms with Crippen LogP contribution in [0.15, 0.2) is 16.3 Å². The highest BCUT2D eigenvalue weighted by molar-refractivity contribution is 7.91. The van der Waals surface area contributed by atoms with Gasteiger partial charge in [-0.3, -0.25) is 0 Å². The molecule has 1 aliphatic rings. The van der Waals surface area contributed by atoms with Gasteiger partial charge in [0.1, 0.15) is 15.2 Å². The van der Waals surface area contributed by atoms with E-state index in [1.807, 2.05) is 6.07 Å². The molecule has 1 heterocycles. The first kappa shape index (κ1) is 14.5. The van der Waals surface area contributed by atoms with Gasteiger partial charge in [0.05, 0.1) is 0 Å². The van der Waals surface area contributed by atoms with E-state index in [1.165, 1.54) is 16.8 Å². The summed E-state index contributed by atoms with van der Waals surface area (Å²) in [6.07, 6.45) is 4.12. The topological polar surface area (TPSA) is 61.2 Å². The van der Waals surface area contributed by atoms with E-state index >= 15 is 0 Å². The lowest BCUT2D eigenvalue weighted by molar-refractivity contribution is 0.239. The van der Waals surface area contributed by atoms with Gasteiger partial charge in [-0.25, -0.2) is 8.42 Å². The van der Waals surface area contributed by atoms with Gasteiger partial charge in [-0.1, -0.05) is 19.8 Å². The van der Waals surface area contributed by atoms with Crippen molar-refractivity contribution in [1.29, 1.82) is 5.26 Å². The van der Waals surface area contributed by atoms with Gasteiger partial charge < -0.3 is 0 Å². The minimum Gasteiger partial charge on any atom is -0.206 e. The van der Waals surface area contributed by atoms with E-state index < -0.39 is 10.0 Å². The molecule has 0 aliphatic heterocycles. The highest BCUT2D eigenvalue weighted by Crippen LogP contribution is 2.31. The van der Waals surface area contributed by atoms with E-state index in [4.69, 9.17) is 5.26 Å². The molecule has 0 radical (unpaired) electrons. The van der Waals surface area contributed by atoms with E-state index in [1.54, 1.807) is 13.1 Å². The van der Waals surface area contributed by atoms with E-state index in [2.05, 4.69) is 6.92 Å². The van der Waals surface area contributed by atoms with E-state index in [9.17, 15) is 8.42 Å². The average molecular weight is 298 g/mol. The summed E-state index contributed by atoms with van der Waals surface area (Å²) in [5, 5.41) is 8.79. The second-order valence-electron chi connectivity index (χ2n) is 5.18. The maximum atomic E-state index is 12.5. The smallest absolute Gasteiger partial charge is 0.206 e. The largest absolute Gasteiger partial charge is 0.252 e. The third-order valence-electron chi connectivity index (χ3n) is 3.75. The van der Waals surface area contributed by atoms with Crippen molar-refractivity contribution in [3.63, 3.8) is 0 Å². The van der Waals surface area contributed by atoms with Crippen LogP contribution in [0.5, 0.6) is 0 Å². The molecule has 104 valence electrons. The Morgan fingerprint density at radius 3 is 2.74 bits per heavy atom. The van der Waals surface area contributed by atoms with Crippen molar-refractivity contribution in [3.05, 3.63) is 17.0 Å². The lowest BCUT2D eigenvalue weighted by atomic mass is 9.87. The molecular weight excluding hydrogens is 280 g/mol. The lowest BCUT2D eigenvalue weighted by Crippen LogP contribution is -2.39. The van der Waals surface area contributed by atoms with Gasteiger partial charge >= 0.3 is 0 Å². The molecule has 0 spiro atoms. The van der Waals surface area contributed by atoms with Gasteiger partial charge in [0.15, 0.2) is 0 Å². The molecule has 19 heavy (non-hydrogen) atoms. The van der Waals surface area contributed by atoms with Crippen LogP contribution in [0.4, 0.5) is 0 Å². The Balaban J connectivity index is 2.21. The van der Waals surface area contributed by atoms with Crippen LogP contribution in [0.3, 0.4) is 0 Å². The number of sulfonamides is 1. The second-order valence-corrected chi connectivity index (χ2v) is 8.49. The molecule has 0 saturated heterocycles. The van der Waals surface area contributed by atoms with Crippen LogP contribution in [0.2, 0.25) is 0 Å². The Kier molecular flexibility index (Phi) is 4.29. The van der Waals surface area contributed by atoms with Crippen molar-refractivity contribution in [1.82, 2.24) is 4.31 Å². The molecule has 0 N–H and O–H groups in total. The van der Waals surface area contributed by atoms with Crippen molar-refractivity contribution < 1.29 is 8.42 Å². The maximum absolute atomic E-state index is 12.5. The van der Waals surface area contributed by atoms with Gasteiger partial charge in [-0.05, 0) is 30.9 Å². The Morgan fingerprint density at radius 1 is 1.42 bits per heavy atom. The number of hydrogen-bond donors (Lipinski definition) is 0. The first-order valence-corrected chi connectivity index (χ1v) is 8.68. The fourth-order valence-corrected chi connectivity index (χ4v) is 5.28. The predicted octanol–water partition coefficient (Wildman–Crippen LogP) is 2.82. The average Bonchev–Trinajstić information content (AvgIpc) is 2.87. The third-order valence-corrected chi connectivity index (χ3v) is 7.12. The molecule has 2 unspecified atom stereocenters. The summed E-state index contributed by atoms with van der Waals surface area (Å²) in [7, 11) is -1.79. The molecule has 1 aliphatic carbocycles. The van der Waals surface area contributed by atoms with E-state index in [0.29, 0.717) is 10.8 Å². The highest BCUT2D eigenvalue weighted by Gasteiger charge is 2.31. The summed E-state index contributed by atoms with van der Waals surface area (Å²) in [6.45, 7) is 2.17. The van der Waals surface area contributed by atoms with Gasteiger partial charge in [-0.15, -0.1) is 11.3 Å². The Bertz CT molecular complexity index is 586. The molecule has 0 bridgehead atoms. The fourth-order valence-electron chi connectivity index (χ4n) is 2.59. The standard InChI is InChI=1S/C13H18N2O2S2/c1-10-4-3-5-11(8-10)15(2)19(16,17)13-7-6-12(9-14)18-13/h6-7,10-11H,3-5,8H2,1-2H3. The van der Waals surface area contributed by atoms with Crippen LogP contribution in [0, 0.1) is 17.2 Å². The summed E-state index contributed by atoms with van der Waals surface area (Å²) >= 11 is 1.04. The molecule has 1 fully saturated rings. The molecule has 4 nitrogen and oxygen atoms in total. The summed E-state index contributed by atoms with van der Waals surface area (Å²) in [4.78, 5) is 0.434. The van der Waals surface area contributed by atoms with E-state index in [-0.39, 0.29) is 10.3 Å². The number of nitrogens with zero attached hydrogens (tertiary/aromatic N) is 2. The third kappa shape index (κ3) is 2.99. The summed E-state index contributed by atoms with van der Waals surface area (Å²) < 4.78 is 26.8. The molecule has 1 aromatic heterocycles. The maximum Gasteiger partial charge on any atom is 0.252 e. The fraction of sp³-hybridized carbons (Fsp3) is 0.615. The SMILES string of the molecule is CC1CCCC(N(C)S(=O)(=O)c2ccc(C#N)s2)C1. The van der Waals surface area contributed by atoms with Gasteiger partial charge in [0, 0.05) is 13.1 Å². The molecule has 1 aromatic rings. The van der Waals surface area contributed by atoms with Crippen LogP contribution in [-0.2, 0) is 10.0 Å². The molecular formula is C13H18N2O2S2. The zero-order valence-corrected chi connectivity index (χ0v) is 12.8. The number of nitriles is 1. The summed E-state index contributed by atoms with van der Waals surface area (Å²) in [5.41, 5.74) is 0. The molecule has 2 atom stereocenters. The minimum absolute atomic E-state index is 0.0846. The van der Waals surface area contributed by atoms with Crippen LogP contribution in [0.1, 0.15) is 37.5 Å². The predicted molar refractivity (Wildman–Crippen MR) is 75.4 cm³/mol. The molecule has 0 amide bonds. The number of thiophene rings is 1. The first-order valence-electron chi connectivity index (χ1n) is 6.43. The Labute approximate surface area is 118 Å². The van der Waals surface area contributed by atoms with E-state index in [0.717, 1.165) is 30.6 Å². The normalized spacial score (nSPS) is 24.3. The van der Waals surface area contributed by atoms with Gasteiger partial charge in [-0.2, -0.15) is 9.57 Å². The van der Waals surface area contributed by atoms with Crippen molar-refractivity contribution in [2.45, 2.75) is 42.9 Å². The monoisotopic (exact) mass is 298 g/mol. The Morgan fingerprint density at radius 2 is 2.16 bits per heavy atom. The summed E-state index contributed by atoms with van der Waals surface area (Å²) in [6, 6.07) is 5.16. The van der Waals surface area contributed by atoms with Gasteiger partial charge in [0.25, 0.3) is 10.0 Å². The number of rotatable bonds is 3. The molecule has 1 saturated carbocycles. The quantitative estimate of drug-likeness (QED) is 0.862.